The fraction of sp³-hybridized carbons (Fsp3) is 0.800. The van der Waals surface area contributed by atoms with Crippen molar-refractivity contribution in [1.29, 1.82) is 0 Å². The van der Waals surface area contributed by atoms with Gasteiger partial charge in [0, 0.05) is 0 Å². The molecule has 0 aromatic heterocycles. The minimum absolute atomic E-state index is 0.368. The maximum absolute atomic E-state index is 10.8. The number of hydrogen-bond acceptors (Lipinski definition) is 1. The van der Waals surface area contributed by atoms with Crippen molar-refractivity contribution >= 4 is 40.6 Å². The number of alkyl halides is 3. The van der Waals surface area contributed by atoms with Crippen LogP contribution in [0.3, 0.4) is 0 Å². The first-order valence-corrected chi connectivity index (χ1v) is 3.61. The van der Waals surface area contributed by atoms with Gasteiger partial charge in [0.1, 0.15) is 0 Å². The van der Waals surface area contributed by atoms with Gasteiger partial charge in [-0.2, -0.15) is 0 Å². The van der Waals surface area contributed by atoms with Gasteiger partial charge in [-0.1, -0.05) is 23.2 Å². The molecule has 0 rings (SSSR count). The number of halogens is 3. The van der Waals surface area contributed by atoms with E-state index in [0.29, 0.717) is 0 Å². The van der Waals surface area contributed by atoms with Gasteiger partial charge in [0.2, 0.25) is 0 Å². The number of rotatable bonds is 2. The van der Waals surface area contributed by atoms with Crippen LogP contribution in [-0.4, -0.2) is 15.5 Å². The van der Waals surface area contributed by atoms with E-state index in [1.54, 1.807) is 0 Å². The van der Waals surface area contributed by atoms with Crippen LogP contribution in [-0.2, 0) is 4.79 Å². The number of carbonyl (C=O) groups excluding carboxylic acids is 1. The Morgan fingerprint density at radius 2 is 1.89 bits per heavy atom. The van der Waals surface area contributed by atoms with Gasteiger partial charge in [0.05, 0.1) is 5.38 Å². The number of Topliss-reactive ketones (excluding diaryl/α,β-unsaturated/α-hetero) is 1. The van der Waals surface area contributed by atoms with E-state index in [1.807, 2.05) is 0 Å². The average Bonchev–Trinajstić information content (AvgIpc) is 1.62. The zero-order valence-electron chi connectivity index (χ0n) is 5.12. The summed E-state index contributed by atoms with van der Waals surface area (Å²) < 4.78 is -1.35. The second kappa shape index (κ2) is 3.09. The van der Waals surface area contributed by atoms with Crippen LogP contribution in [0.25, 0.3) is 0 Å². The minimum atomic E-state index is -1.35. The van der Waals surface area contributed by atoms with Gasteiger partial charge in [-0.15, -0.1) is 11.6 Å². The smallest absolute Gasteiger partial charge is 0.185 e. The molecule has 1 unspecified atom stereocenters. The van der Waals surface area contributed by atoms with Crippen molar-refractivity contribution in [2.75, 3.05) is 0 Å². The fourth-order valence-electron chi connectivity index (χ4n) is 0.349. The molecule has 4 heteroatoms. The average molecular weight is 189 g/mol. The van der Waals surface area contributed by atoms with Crippen LogP contribution in [0.5, 0.6) is 0 Å². The van der Waals surface area contributed by atoms with Gasteiger partial charge < -0.3 is 0 Å². The first-order chi connectivity index (χ1) is 3.85. The maximum atomic E-state index is 10.8. The lowest BCUT2D eigenvalue weighted by Crippen LogP contribution is -2.28. The zero-order chi connectivity index (χ0) is 7.65. The Morgan fingerprint density at radius 3 is 1.89 bits per heavy atom. The molecule has 0 aromatic carbocycles. The van der Waals surface area contributed by atoms with E-state index in [4.69, 9.17) is 34.8 Å². The van der Waals surface area contributed by atoms with E-state index in [-0.39, 0.29) is 5.78 Å². The Balaban J connectivity index is 4.06. The highest BCUT2D eigenvalue weighted by atomic mass is 35.5. The van der Waals surface area contributed by atoms with E-state index >= 15 is 0 Å². The van der Waals surface area contributed by atoms with Crippen molar-refractivity contribution in [3.8, 4) is 0 Å². The van der Waals surface area contributed by atoms with E-state index in [9.17, 15) is 4.79 Å². The van der Waals surface area contributed by atoms with Crippen LogP contribution < -0.4 is 0 Å². The Hall–Kier alpha value is 0.540. The first kappa shape index (κ1) is 9.54. The summed E-state index contributed by atoms with van der Waals surface area (Å²) in [6.07, 6.45) is 0. The van der Waals surface area contributed by atoms with Gasteiger partial charge in [-0.3, -0.25) is 4.79 Å². The quantitative estimate of drug-likeness (QED) is 0.610. The molecule has 0 saturated heterocycles. The third-order valence-electron chi connectivity index (χ3n) is 0.794. The summed E-state index contributed by atoms with van der Waals surface area (Å²) in [7, 11) is 0. The highest BCUT2D eigenvalue weighted by molar-refractivity contribution is 6.60. The van der Waals surface area contributed by atoms with E-state index < -0.39 is 9.71 Å². The van der Waals surface area contributed by atoms with Crippen LogP contribution in [0.15, 0.2) is 0 Å². The lowest BCUT2D eigenvalue weighted by Gasteiger charge is -2.12. The van der Waals surface area contributed by atoms with Gasteiger partial charge in [-0.25, -0.2) is 0 Å². The van der Waals surface area contributed by atoms with Crippen molar-refractivity contribution in [1.82, 2.24) is 0 Å². The third-order valence-corrected chi connectivity index (χ3v) is 1.36. The predicted molar refractivity (Wildman–Crippen MR) is 40.4 cm³/mol. The molecule has 1 atom stereocenters. The molecule has 0 radical (unpaired) electrons. The Labute approximate surface area is 69.3 Å². The summed E-state index contributed by atoms with van der Waals surface area (Å²) >= 11 is 16.2. The summed E-state index contributed by atoms with van der Waals surface area (Å²) in [6, 6.07) is 0. The molecular formula is C5H7Cl3O. The highest BCUT2D eigenvalue weighted by Crippen LogP contribution is 2.23. The van der Waals surface area contributed by atoms with Gasteiger partial charge in [0.25, 0.3) is 0 Å². The van der Waals surface area contributed by atoms with Crippen LogP contribution in [0, 0.1) is 0 Å². The molecule has 9 heavy (non-hydrogen) atoms. The molecule has 0 saturated carbocycles. The minimum Gasteiger partial charge on any atom is -0.295 e. The maximum Gasteiger partial charge on any atom is 0.185 e. The molecule has 0 aromatic rings. The molecule has 0 amide bonds. The molecule has 0 aliphatic rings. The first-order valence-electron chi connectivity index (χ1n) is 2.42. The standard InChI is InChI=1S/C5H7Cl3O/c1-3(6)4(9)5(2,7)8/h3H,1-2H3. The highest BCUT2D eigenvalue weighted by Gasteiger charge is 2.30. The molecule has 0 aliphatic carbocycles. The SMILES string of the molecule is CC(Cl)C(=O)C(C)(Cl)Cl. The van der Waals surface area contributed by atoms with Crippen molar-refractivity contribution in [3.05, 3.63) is 0 Å². The molecule has 54 valence electrons. The Kier molecular flexibility index (Phi) is 3.27. The summed E-state index contributed by atoms with van der Waals surface area (Å²) in [5.74, 6) is -0.368. The predicted octanol–water partition coefficient (Wildman–Crippen LogP) is 2.38. The Bertz CT molecular complexity index is 114. The van der Waals surface area contributed by atoms with Crippen LogP contribution in [0.1, 0.15) is 13.8 Å². The third kappa shape index (κ3) is 3.29. The van der Waals surface area contributed by atoms with E-state index in [1.165, 1.54) is 13.8 Å². The van der Waals surface area contributed by atoms with Gasteiger partial charge >= 0.3 is 0 Å². The van der Waals surface area contributed by atoms with Crippen LogP contribution in [0.2, 0.25) is 0 Å². The molecule has 0 bridgehead atoms. The number of carbonyl (C=O) groups is 1. The molecule has 0 aliphatic heterocycles. The van der Waals surface area contributed by atoms with Crippen molar-refractivity contribution in [2.45, 2.75) is 23.6 Å². The molecule has 0 heterocycles. The number of ketones is 1. The second-order valence-corrected chi connectivity index (χ2v) is 4.23. The lowest BCUT2D eigenvalue weighted by molar-refractivity contribution is -0.118. The summed E-state index contributed by atoms with van der Waals surface area (Å²) in [5.41, 5.74) is 0. The molecule has 0 fully saturated rings. The lowest BCUT2D eigenvalue weighted by atomic mass is 10.2. The van der Waals surface area contributed by atoms with Crippen LogP contribution in [0.4, 0.5) is 0 Å². The molecule has 0 N–H and O–H groups in total. The molecule has 0 spiro atoms. The normalized spacial score (nSPS) is 15.2. The molecular weight excluding hydrogens is 182 g/mol. The topological polar surface area (TPSA) is 17.1 Å². The van der Waals surface area contributed by atoms with Gasteiger partial charge in [-0.05, 0) is 13.8 Å². The van der Waals surface area contributed by atoms with Crippen molar-refractivity contribution < 1.29 is 4.79 Å². The van der Waals surface area contributed by atoms with E-state index in [2.05, 4.69) is 0 Å². The van der Waals surface area contributed by atoms with E-state index in [0.717, 1.165) is 0 Å². The summed E-state index contributed by atoms with van der Waals surface area (Å²) in [4.78, 5) is 10.8. The zero-order valence-corrected chi connectivity index (χ0v) is 7.39. The van der Waals surface area contributed by atoms with Crippen molar-refractivity contribution in [2.24, 2.45) is 0 Å². The monoisotopic (exact) mass is 188 g/mol. The van der Waals surface area contributed by atoms with Gasteiger partial charge in [0.15, 0.2) is 10.1 Å². The number of hydrogen-bond donors (Lipinski definition) is 0. The fourth-order valence-corrected chi connectivity index (χ4v) is 1.01. The summed E-state index contributed by atoms with van der Waals surface area (Å²) in [6.45, 7) is 2.93. The largest absolute Gasteiger partial charge is 0.295 e. The summed E-state index contributed by atoms with van der Waals surface area (Å²) in [5, 5.41) is -0.620. The Morgan fingerprint density at radius 1 is 1.56 bits per heavy atom. The van der Waals surface area contributed by atoms with Crippen LogP contribution >= 0.6 is 34.8 Å². The second-order valence-electron chi connectivity index (χ2n) is 1.87. The molecule has 1 nitrogen and oxygen atoms in total. The van der Waals surface area contributed by atoms with Crippen molar-refractivity contribution in [3.63, 3.8) is 0 Å².